The Morgan fingerprint density at radius 1 is 1.20 bits per heavy atom. The number of fused-ring (bicyclic) bond motifs is 1. The van der Waals surface area contributed by atoms with Crippen LogP contribution in [0.4, 0.5) is 5.69 Å². The third-order valence-electron chi connectivity index (χ3n) is 3.56. The zero-order valence-electron chi connectivity index (χ0n) is 14.3. The second-order valence-electron chi connectivity index (χ2n) is 5.81. The van der Waals surface area contributed by atoms with Crippen molar-refractivity contribution < 1.29 is 14.4 Å². The molecule has 130 valence electrons. The van der Waals surface area contributed by atoms with Crippen LogP contribution < -0.4 is 9.47 Å². The Labute approximate surface area is 144 Å². The van der Waals surface area contributed by atoms with E-state index in [0.29, 0.717) is 35.0 Å². The lowest BCUT2D eigenvalue weighted by Gasteiger charge is -2.15. The van der Waals surface area contributed by atoms with Gasteiger partial charge in [0.2, 0.25) is 0 Å². The third kappa shape index (κ3) is 3.55. The maximum atomic E-state index is 10.9. The molecule has 0 atom stereocenters. The van der Waals surface area contributed by atoms with Gasteiger partial charge >= 0.3 is 0 Å². The van der Waals surface area contributed by atoms with Crippen LogP contribution >= 0.6 is 0 Å². The van der Waals surface area contributed by atoms with Gasteiger partial charge in [-0.25, -0.2) is 4.98 Å². The minimum absolute atomic E-state index is 0.0263. The fraction of sp³-hybridized carbons (Fsp3) is 0.278. The number of hydrogen-bond donors (Lipinski definition) is 1. The molecular weight excluding hydrogens is 322 g/mol. The molecule has 0 aliphatic heterocycles. The van der Waals surface area contributed by atoms with Gasteiger partial charge in [0.25, 0.3) is 5.69 Å². The number of imidazole rings is 1. The van der Waals surface area contributed by atoms with Crippen LogP contribution in [0.25, 0.3) is 22.4 Å². The molecular formula is C18H19N3O4. The van der Waals surface area contributed by atoms with Crippen molar-refractivity contribution in [2.45, 2.75) is 26.9 Å². The summed E-state index contributed by atoms with van der Waals surface area (Å²) in [5.74, 6) is 1.93. The van der Waals surface area contributed by atoms with Crippen molar-refractivity contribution in [1.29, 1.82) is 0 Å². The third-order valence-corrected chi connectivity index (χ3v) is 3.56. The molecule has 0 aliphatic carbocycles. The van der Waals surface area contributed by atoms with E-state index in [4.69, 9.17) is 9.47 Å². The zero-order valence-corrected chi connectivity index (χ0v) is 14.3. The molecule has 0 unspecified atom stereocenters. The number of nitrogens with zero attached hydrogens (tertiary/aromatic N) is 2. The lowest BCUT2D eigenvalue weighted by atomic mass is 10.2. The summed E-state index contributed by atoms with van der Waals surface area (Å²) in [5.41, 5.74) is 2.13. The quantitative estimate of drug-likeness (QED) is 0.532. The fourth-order valence-corrected chi connectivity index (χ4v) is 2.52. The van der Waals surface area contributed by atoms with Gasteiger partial charge in [0.15, 0.2) is 11.5 Å². The van der Waals surface area contributed by atoms with Gasteiger partial charge in [0.1, 0.15) is 5.82 Å². The molecule has 7 heteroatoms. The lowest BCUT2D eigenvalue weighted by Crippen LogP contribution is -2.07. The van der Waals surface area contributed by atoms with Gasteiger partial charge in [0.05, 0.1) is 28.7 Å². The highest BCUT2D eigenvalue weighted by molar-refractivity contribution is 5.81. The highest BCUT2D eigenvalue weighted by atomic mass is 16.6. The number of benzene rings is 2. The minimum Gasteiger partial charge on any atom is -0.490 e. The van der Waals surface area contributed by atoms with Crippen LogP contribution in [0.15, 0.2) is 36.4 Å². The van der Waals surface area contributed by atoms with E-state index in [1.807, 2.05) is 39.0 Å². The molecule has 0 saturated carbocycles. The Kier molecular flexibility index (Phi) is 4.56. The van der Waals surface area contributed by atoms with Crippen molar-refractivity contribution in [2.24, 2.45) is 0 Å². The second-order valence-corrected chi connectivity index (χ2v) is 5.81. The summed E-state index contributed by atoms with van der Waals surface area (Å²) in [5, 5.41) is 10.9. The van der Waals surface area contributed by atoms with E-state index in [0.717, 1.165) is 5.56 Å². The topological polar surface area (TPSA) is 90.3 Å². The summed E-state index contributed by atoms with van der Waals surface area (Å²) in [7, 11) is 0. The van der Waals surface area contributed by atoms with Gasteiger partial charge in [-0.15, -0.1) is 0 Å². The van der Waals surface area contributed by atoms with E-state index >= 15 is 0 Å². The van der Waals surface area contributed by atoms with Crippen LogP contribution in [0.3, 0.4) is 0 Å². The Morgan fingerprint density at radius 2 is 2.00 bits per heavy atom. The molecule has 0 amide bonds. The summed E-state index contributed by atoms with van der Waals surface area (Å²) in [6.45, 7) is 6.34. The molecule has 0 saturated heterocycles. The van der Waals surface area contributed by atoms with Crippen molar-refractivity contribution in [3.8, 4) is 22.9 Å². The van der Waals surface area contributed by atoms with Crippen LogP contribution in [0, 0.1) is 10.1 Å². The number of aromatic amines is 1. The number of hydrogen-bond acceptors (Lipinski definition) is 5. The normalized spacial score (nSPS) is 11.0. The summed E-state index contributed by atoms with van der Waals surface area (Å²) in [6, 6.07) is 10.1. The number of H-pyrrole nitrogens is 1. The van der Waals surface area contributed by atoms with E-state index < -0.39 is 4.92 Å². The van der Waals surface area contributed by atoms with Crippen molar-refractivity contribution in [3.63, 3.8) is 0 Å². The minimum atomic E-state index is -0.425. The Balaban J connectivity index is 2.01. The highest BCUT2D eigenvalue weighted by Crippen LogP contribution is 2.33. The summed E-state index contributed by atoms with van der Waals surface area (Å²) >= 11 is 0. The number of ether oxygens (including phenoxy) is 2. The largest absolute Gasteiger partial charge is 0.490 e. The Morgan fingerprint density at radius 3 is 2.68 bits per heavy atom. The molecule has 1 N–H and O–H groups in total. The van der Waals surface area contributed by atoms with Crippen LogP contribution in [0.5, 0.6) is 11.5 Å². The number of aromatic nitrogens is 2. The lowest BCUT2D eigenvalue weighted by molar-refractivity contribution is -0.384. The van der Waals surface area contributed by atoms with E-state index in [2.05, 4.69) is 9.97 Å². The summed E-state index contributed by atoms with van der Waals surface area (Å²) < 4.78 is 11.4. The molecule has 1 aromatic heterocycles. The maximum Gasteiger partial charge on any atom is 0.271 e. The number of rotatable bonds is 6. The van der Waals surface area contributed by atoms with E-state index in [1.165, 1.54) is 12.1 Å². The first kappa shape index (κ1) is 16.8. The van der Waals surface area contributed by atoms with E-state index in [-0.39, 0.29) is 11.8 Å². The molecule has 0 radical (unpaired) electrons. The molecule has 1 heterocycles. The zero-order chi connectivity index (χ0) is 18.0. The molecule has 3 rings (SSSR count). The molecule has 0 bridgehead atoms. The number of nitro benzene ring substituents is 1. The van der Waals surface area contributed by atoms with Crippen molar-refractivity contribution in [3.05, 3.63) is 46.5 Å². The summed E-state index contributed by atoms with van der Waals surface area (Å²) in [4.78, 5) is 18.1. The highest BCUT2D eigenvalue weighted by Gasteiger charge is 2.13. The predicted octanol–water partition coefficient (Wildman–Crippen LogP) is 4.32. The molecule has 7 nitrogen and oxygen atoms in total. The SMILES string of the molecule is CCOc1cc(-c2nc3ccc([N+](=O)[O-])cc3[nH]2)ccc1OC(C)C. The predicted molar refractivity (Wildman–Crippen MR) is 95.1 cm³/mol. The van der Waals surface area contributed by atoms with E-state index in [9.17, 15) is 10.1 Å². The van der Waals surface area contributed by atoms with Gasteiger partial charge in [-0.2, -0.15) is 0 Å². The van der Waals surface area contributed by atoms with Gasteiger partial charge in [-0.1, -0.05) is 0 Å². The Hall–Kier alpha value is -3.09. The van der Waals surface area contributed by atoms with Crippen molar-refractivity contribution >= 4 is 16.7 Å². The fourth-order valence-electron chi connectivity index (χ4n) is 2.52. The van der Waals surface area contributed by atoms with Gasteiger partial charge in [-0.3, -0.25) is 10.1 Å². The standard InChI is InChI=1S/C18H19N3O4/c1-4-24-17-9-12(5-8-16(17)25-11(2)3)18-19-14-7-6-13(21(22)23)10-15(14)20-18/h5-11H,4H2,1-3H3,(H,19,20). The van der Waals surface area contributed by atoms with Crippen LogP contribution in [0.1, 0.15) is 20.8 Å². The maximum absolute atomic E-state index is 10.9. The average molecular weight is 341 g/mol. The molecule has 0 spiro atoms. The van der Waals surface area contributed by atoms with Gasteiger partial charge in [-0.05, 0) is 45.0 Å². The van der Waals surface area contributed by atoms with Crippen LogP contribution in [-0.4, -0.2) is 27.6 Å². The van der Waals surface area contributed by atoms with Crippen molar-refractivity contribution in [2.75, 3.05) is 6.61 Å². The van der Waals surface area contributed by atoms with Gasteiger partial charge < -0.3 is 14.5 Å². The van der Waals surface area contributed by atoms with Crippen LogP contribution in [-0.2, 0) is 0 Å². The molecule has 2 aromatic carbocycles. The number of nitro groups is 1. The number of nitrogens with one attached hydrogen (secondary N) is 1. The first-order valence-electron chi connectivity index (χ1n) is 8.06. The average Bonchev–Trinajstić information content (AvgIpc) is 2.99. The van der Waals surface area contributed by atoms with Crippen LogP contribution in [0.2, 0.25) is 0 Å². The first-order valence-corrected chi connectivity index (χ1v) is 8.06. The molecule has 3 aromatic rings. The summed E-state index contributed by atoms with van der Waals surface area (Å²) in [6.07, 6.45) is 0.0387. The molecule has 0 aliphatic rings. The molecule has 0 fully saturated rings. The van der Waals surface area contributed by atoms with Crippen molar-refractivity contribution in [1.82, 2.24) is 9.97 Å². The van der Waals surface area contributed by atoms with E-state index in [1.54, 1.807) is 6.07 Å². The molecule has 25 heavy (non-hydrogen) atoms. The Bertz CT molecular complexity index is 918. The smallest absolute Gasteiger partial charge is 0.271 e. The monoisotopic (exact) mass is 341 g/mol. The number of non-ortho nitro benzene ring substituents is 1. The van der Waals surface area contributed by atoms with Gasteiger partial charge in [0, 0.05) is 17.7 Å². The second kappa shape index (κ2) is 6.80. The first-order chi connectivity index (χ1) is 12.0.